The second-order valence-corrected chi connectivity index (χ2v) is 6.20. The highest BCUT2D eigenvalue weighted by molar-refractivity contribution is 7.99. The van der Waals surface area contributed by atoms with Gasteiger partial charge in [-0.05, 0) is 12.5 Å². The summed E-state index contributed by atoms with van der Waals surface area (Å²) in [7, 11) is 0. The summed E-state index contributed by atoms with van der Waals surface area (Å²) in [6.45, 7) is 3.76. The summed E-state index contributed by atoms with van der Waals surface area (Å²) >= 11 is 1.93. The highest BCUT2D eigenvalue weighted by atomic mass is 32.2. The second-order valence-electron chi connectivity index (χ2n) is 4.98. The number of carbonyl (C=O) groups excluding carboxylic acids is 1. The maximum Gasteiger partial charge on any atom is 0.237 e. The number of nitrogens with one attached hydrogen (secondary N) is 1. The molecule has 1 amide bonds. The first-order valence-corrected chi connectivity index (χ1v) is 8.16. The van der Waals surface area contributed by atoms with Crippen molar-refractivity contribution in [1.29, 1.82) is 0 Å². The molecule has 2 atom stereocenters. The van der Waals surface area contributed by atoms with Gasteiger partial charge in [0.1, 0.15) is 0 Å². The molecular formula is C15H22N2O2S. The molecule has 0 bridgehead atoms. The maximum atomic E-state index is 12.3. The Bertz CT molecular complexity index is 421. The van der Waals surface area contributed by atoms with Crippen LogP contribution in [0.25, 0.3) is 0 Å². The highest BCUT2D eigenvalue weighted by Gasteiger charge is 2.24. The SMILES string of the molecule is C[C@H](C(=O)N[C@H](CO)c1ccccc1)N1CCSCC1. The van der Waals surface area contributed by atoms with E-state index in [0.717, 1.165) is 30.2 Å². The topological polar surface area (TPSA) is 52.6 Å². The van der Waals surface area contributed by atoms with Crippen LogP contribution in [0.1, 0.15) is 18.5 Å². The molecule has 110 valence electrons. The molecule has 2 N–H and O–H groups in total. The molecule has 1 aromatic rings. The zero-order valence-corrected chi connectivity index (χ0v) is 12.6. The first-order chi connectivity index (χ1) is 9.72. The second kappa shape index (κ2) is 7.67. The van der Waals surface area contributed by atoms with Crippen LogP contribution in [0, 0.1) is 0 Å². The Kier molecular flexibility index (Phi) is 5.88. The van der Waals surface area contributed by atoms with Crippen LogP contribution in [0.15, 0.2) is 30.3 Å². The first kappa shape index (κ1) is 15.4. The van der Waals surface area contributed by atoms with Crippen molar-refractivity contribution < 1.29 is 9.90 Å². The number of hydrogen-bond donors (Lipinski definition) is 2. The van der Waals surface area contributed by atoms with Gasteiger partial charge in [0, 0.05) is 24.6 Å². The molecule has 0 radical (unpaired) electrons. The van der Waals surface area contributed by atoms with E-state index >= 15 is 0 Å². The van der Waals surface area contributed by atoms with Gasteiger partial charge < -0.3 is 10.4 Å². The van der Waals surface area contributed by atoms with Gasteiger partial charge in [-0.15, -0.1) is 0 Å². The normalized spacial score (nSPS) is 19.3. The van der Waals surface area contributed by atoms with Gasteiger partial charge in [0.05, 0.1) is 18.7 Å². The zero-order chi connectivity index (χ0) is 14.4. The fourth-order valence-electron chi connectivity index (χ4n) is 2.34. The Morgan fingerprint density at radius 3 is 2.60 bits per heavy atom. The van der Waals surface area contributed by atoms with Gasteiger partial charge >= 0.3 is 0 Å². The summed E-state index contributed by atoms with van der Waals surface area (Å²) in [4.78, 5) is 14.5. The summed E-state index contributed by atoms with van der Waals surface area (Å²) in [5, 5.41) is 12.4. The van der Waals surface area contributed by atoms with Gasteiger partial charge in [-0.2, -0.15) is 11.8 Å². The summed E-state index contributed by atoms with van der Waals surface area (Å²) < 4.78 is 0. The predicted molar refractivity (Wildman–Crippen MR) is 82.8 cm³/mol. The largest absolute Gasteiger partial charge is 0.394 e. The van der Waals surface area contributed by atoms with Gasteiger partial charge in [-0.25, -0.2) is 0 Å². The number of hydrogen-bond acceptors (Lipinski definition) is 4. The van der Waals surface area contributed by atoms with E-state index in [2.05, 4.69) is 10.2 Å². The van der Waals surface area contributed by atoms with E-state index in [1.165, 1.54) is 0 Å². The molecule has 4 nitrogen and oxygen atoms in total. The molecule has 1 aliphatic rings. The molecule has 0 aliphatic carbocycles. The molecule has 0 aromatic heterocycles. The van der Waals surface area contributed by atoms with Gasteiger partial charge in [0.25, 0.3) is 0 Å². The lowest BCUT2D eigenvalue weighted by Gasteiger charge is -2.32. The molecule has 1 fully saturated rings. The summed E-state index contributed by atoms with van der Waals surface area (Å²) in [5.41, 5.74) is 0.935. The minimum absolute atomic E-state index is 0.0141. The van der Waals surface area contributed by atoms with Crippen LogP contribution in [0.3, 0.4) is 0 Å². The van der Waals surface area contributed by atoms with E-state index in [4.69, 9.17) is 0 Å². The summed E-state index contributed by atoms with van der Waals surface area (Å²) in [6.07, 6.45) is 0. The van der Waals surface area contributed by atoms with Crippen LogP contribution >= 0.6 is 11.8 Å². The molecule has 2 rings (SSSR count). The van der Waals surface area contributed by atoms with Crippen molar-refractivity contribution in [2.45, 2.75) is 19.0 Å². The van der Waals surface area contributed by atoms with Crippen molar-refractivity contribution in [2.75, 3.05) is 31.2 Å². The van der Waals surface area contributed by atoms with Crippen molar-refractivity contribution in [3.05, 3.63) is 35.9 Å². The summed E-state index contributed by atoms with van der Waals surface area (Å²) in [6, 6.07) is 9.12. The molecule has 1 heterocycles. The van der Waals surface area contributed by atoms with Crippen LogP contribution < -0.4 is 5.32 Å². The van der Waals surface area contributed by atoms with E-state index in [-0.39, 0.29) is 24.6 Å². The average molecular weight is 294 g/mol. The smallest absolute Gasteiger partial charge is 0.237 e. The maximum absolute atomic E-state index is 12.3. The first-order valence-electron chi connectivity index (χ1n) is 7.00. The van der Waals surface area contributed by atoms with Crippen LogP contribution in [0.5, 0.6) is 0 Å². The van der Waals surface area contributed by atoms with Crippen LogP contribution in [-0.2, 0) is 4.79 Å². The van der Waals surface area contributed by atoms with E-state index < -0.39 is 0 Å². The molecule has 5 heteroatoms. The Morgan fingerprint density at radius 2 is 2.00 bits per heavy atom. The van der Waals surface area contributed by atoms with Crippen molar-refractivity contribution in [3.63, 3.8) is 0 Å². The highest BCUT2D eigenvalue weighted by Crippen LogP contribution is 2.15. The van der Waals surface area contributed by atoms with Gasteiger partial charge in [0.15, 0.2) is 0 Å². The molecular weight excluding hydrogens is 272 g/mol. The third-order valence-corrected chi connectivity index (χ3v) is 4.62. The quantitative estimate of drug-likeness (QED) is 0.859. The van der Waals surface area contributed by atoms with Crippen molar-refractivity contribution in [1.82, 2.24) is 10.2 Å². The number of nitrogens with zero attached hydrogens (tertiary/aromatic N) is 1. The Balaban J connectivity index is 1.94. The van der Waals surface area contributed by atoms with Crippen LogP contribution in [0.4, 0.5) is 0 Å². The molecule has 0 spiro atoms. The Hall–Kier alpha value is -1.04. The molecule has 1 aliphatic heterocycles. The number of benzene rings is 1. The standard InChI is InChI=1S/C15H22N2O2S/c1-12(17-7-9-20-10-8-17)15(19)16-14(11-18)13-5-3-2-4-6-13/h2-6,12,14,18H,7-11H2,1H3,(H,16,19)/t12-,14-/m1/s1. The number of rotatable bonds is 5. The third kappa shape index (κ3) is 3.98. The number of aliphatic hydroxyl groups is 1. The Labute approximate surface area is 124 Å². The third-order valence-electron chi connectivity index (χ3n) is 3.67. The fourth-order valence-corrected chi connectivity index (χ4v) is 3.27. The van der Waals surface area contributed by atoms with E-state index in [1.54, 1.807) is 0 Å². The van der Waals surface area contributed by atoms with E-state index in [1.807, 2.05) is 49.0 Å². The number of amides is 1. The number of carbonyl (C=O) groups is 1. The lowest BCUT2D eigenvalue weighted by molar-refractivity contribution is -0.126. The number of aliphatic hydroxyl groups excluding tert-OH is 1. The van der Waals surface area contributed by atoms with Gasteiger partial charge in [-0.1, -0.05) is 30.3 Å². The van der Waals surface area contributed by atoms with Gasteiger partial charge in [0.2, 0.25) is 5.91 Å². The number of thioether (sulfide) groups is 1. The van der Waals surface area contributed by atoms with Crippen LogP contribution in [0.2, 0.25) is 0 Å². The van der Waals surface area contributed by atoms with Crippen LogP contribution in [-0.4, -0.2) is 53.2 Å². The minimum atomic E-state index is -0.328. The molecule has 0 unspecified atom stereocenters. The van der Waals surface area contributed by atoms with Gasteiger partial charge in [-0.3, -0.25) is 9.69 Å². The monoisotopic (exact) mass is 294 g/mol. The van der Waals surface area contributed by atoms with E-state index in [9.17, 15) is 9.90 Å². The molecule has 20 heavy (non-hydrogen) atoms. The lowest BCUT2D eigenvalue weighted by Crippen LogP contribution is -2.49. The molecule has 1 aromatic carbocycles. The van der Waals surface area contributed by atoms with Crippen molar-refractivity contribution in [2.24, 2.45) is 0 Å². The van der Waals surface area contributed by atoms with Crippen molar-refractivity contribution in [3.8, 4) is 0 Å². The minimum Gasteiger partial charge on any atom is -0.394 e. The summed E-state index contributed by atoms with van der Waals surface area (Å²) in [5.74, 6) is 2.15. The molecule has 0 saturated carbocycles. The predicted octanol–water partition coefficient (Wildman–Crippen LogP) is 1.27. The average Bonchev–Trinajstić information content (AvgIpc) is 2.53. The van der Waals surface area contributed by atoms with Crippen molar-refractivity contribution >= 4 is 17.7 Å². The fraction of sp³-hybridized carbons (Fsp3) is 0.533. The molecule has 1 saturated heterocycles. The lowest BCUT2D eigenvalue weighted by atomic mass is 10.1. The Morgan fingerprint density at radius 1 is 1.35 bits per heavy atom. The zero-order valence-electron chi connectivity index (χ0n) is 11.8. The van der Waals surface area contributed by atoms with E-state index in [0.29, 0.717) is 0 Å².